The number of aromatic hydroxyl groups is 2. The van der Waals surface area contributed by atoms with E-state index in [2.05, 4.69) is 0 Å². The molecule has 0 spiro atoms. The van der Waals surface area contributed by atoms with Gasteiger partial charge in [-0.2, -0.15) is 0 Å². The molecule has 1 fully saturated rings. The number of carbonyl (C=O) groups excluding carboxylic acids is 2. The number of Topliss-reactive ketones (excluding diaryl/α,β-unsaturated/α-hetero) is 1. The first-order chi connectivity index (χ1) is 8.99. The van der Waals surface area contributed by atoms with E-state index in [1.165, 1.54) is 25.1 Å². The molecule has 102 valence electrons. The lowest BCUT2D eigenvalue weighted by atomic mass is 10.1. The van der Waals surface area contributed by atoms with Crippen LogP contribution in [0.3, 0.4) is 0 Å². The van der Waals surface area contributed by atoms with Crippen molar-refractivity contribution in [2.45, 2.75) is 32.2 Å². The van der Waals surface area contributed by atoms with Crippen LogP contribution in [0.25, 0.3) is 0 Å². The van der Waals surface area contributed by atoms with Gasteiger partial charge in [0.2, 0.25) is 0 Å². The van der Waals surface area contributed by atoms with Crippen molar-refractivity contribution in [2.24, 2.45) is 0 Å². The Hall–Kier alpha value is -2.04. The quantitative estimate of drug-likeness (QED) is 0.813. The number of carbonyl (C=O) groups is 2. The molecule has 5 heteroatoms. The van der Waals surface area contributed by atoms with E-state index in [4.69, 9.17) is 0 Å². The van der Waals surface area contributed by atoms with Gasteiger partial charge < -0.3 is 15.1 Å². The third-order valence-corrected chi connectivity index (χ3v) is 3.38. The summed E-state index contributed by atoms with van der Waals surface area (Å²) >= 11 is 0. The number of phenolic OH excluding ortho intramolecular Hbond substituents is 2. The van der Waals surface area contributed by atoms with Crippen LogP contribution in [0, 0.1) is 0 Å². The molecule has 1 heterocycles. The molecule has 1 aromatic rings. The van der Waals surface area contributed by atoms with Crippen LogP contribution < -0.4 is 0 Å². The summed E-state index contributed by atoms with van der Waals surface area (Å²) in [6, 6.07) is 3.96. The third-order valence-electron chi connectivity index (χ3n) is 3.38. The molecule has 1 aliphatic heterocycles. The van der Waals surface area contributed by atoms with Gasteiger partial charge in [-0.25, -0.2) is 0 Å². The number of nitrogens with zero attached hydrogens (tertiary/aromatic N) is 1. The Morgan fingerprint density at radius 2 is 2.05 bits per heavy atom. The van der Waals surface area contributed by atoms with E-state index in [1.807, 2.05) is 0 Å². The maximum atomic E-state index is 12.3. The zero-order chi connectivity index (χ0) is 14.0. The maximum absolute atomic E-state index is 12.3. The Bertz CT molecular complexity index is 512. The topological polar surface area (TPSA) is 77.8 Å². The number of phenols is 2. The molecule has 0 saturated carbocycles. The largest absolute Gasteiger partial charge is 0.504 e. The molecule has 1 unspecified atom stereocenters. The molecule has 1 amide bonds. The van der Waals surface area contributed by atoms with E-state index in [0.29, 0.717) is 18.5 Å². The number of hydrogen-bond donors (Lipinski definition) is 2. The van der Waals surface area contributed by atoms with Gasteiger partial charge in [-0.15, -0.1) is 0 Å². The van der Waals surface area contributed by atoms with Crippen molar-refractivity contribution in [1.82, 2.24) is 4.90 Å². The number of amides is 1. The number of likely N-dealkylation sites (tertiary alicyclic amines) is 1. The van der Waals surface area contributed by atoms with E-state index >= 15 is 0 Å². The second-order valence-corrected chi connectivity index (χ2v) is 4.90. The van der Waals surface area contributed by atoms with E-state index in [0.717, 1.165) is 12.8 Å². The highest BCUT2D eigenvalue weighted by atomic mass is 16.3. The highest BCUT2D eigenvalue weighted by Gasteiger charge is 2.30. The Balaban J connectivity index is 2.18. The van der Waals surface area contributed by atoms with Gasteiger partial charge in [0, 0.05) is 24.6 Å². The summed E-state index contributed by atoms with van der Waals surface area (Å²) in [5.74, 6) is -0.705. The van der Waals surface area contributed by atoms with Crippen LogP contribution in [0.4, 0.5) is 0 Å². The van der Waals surface area contributed by atoms with Crippen LogP contribution in [-0.4, -0.2) is 39.4 Å². The molecule has 5 nitrogen and oxygen atoms in total. The predicted octanol–water partition coefficient (Wildman–Crippen LogP) is 1.68. The summed E-state index contributed by atoms with van der Waals surface area (Å²) in [4.78, 5) is 25.2. The van der Waals surface area contributed by atoms with Crippen molar-refractivity contribution in [3.63, 3.8) is 0 Å². The third kappa shape index (κ3) is 2.86. The molecule has 2 rings (SSSR count). The van der Waals surface area contributed by atoms with Crippen molar-refractivity contribution in [2.75, 3.05) is 6.54 Å². The van der Waals surface area contributed by atoms with Crippen LogP contribution in [0.15, 0.2) is 18.2 Å². The molecule has 0 aliphatic carbocycles. The van der Waals surface area contributed by atoms with Gasteiger partial charge in [0.05, 0.1) is 0 Å². The van der Waals surface area contributed by atoms with Crippen LogP contribution in [0.2, 0.25) is 0 Å². The minimum absolute atomic E-state index is 0.0547. The van der Waals surface area contributed by atoms with Crippen LogP contribution in [-0.2, 0) is 4.79 Å². The SMILES string of the molecule is CC(=O)CC1CCCN1C(=O)c1ccc(O)c(O)c1. The Morgan fingerprint density at radius 1 is 1.32 bits per heavy atom. The van der Waals surface area contributed by atoms with Crippen LogP contribution >= 0.6 is 0 Å². The average molecular weight is 263 g/mol. The van der Waals surface area contributed by atoms with Crippen molar-refractivity contribution >= 4 is 11.7 Å². The summed E-state index contributed by atoms with van der Waals surface area (Å²) < 4.78 is 0. The molecule has 0 aromatic heterocycles. The maximum Gasteiger partial charge on any atom is 0.254 e. The molecular formula is C14H17NO4. The van der Waals surface area contributed by atoms with Gasteiger partial charge in [-0.05, 0) is 38.0 Å². The first-order valence-corrected chi connectivity index (χ1v) is 6.31. The lowest BCUT2D eigenvalue weighted by Gasteiger charge is -2.24. The van der Waals surface area contributed by atoms with Crippen LogP contribution in [0.1, 0.15) is 36.5 Å². The van der Waals surface area contributed by atoms with Crippen LogP contribution in [0.5, 0.6) is 11.5 Å². The van der Waals surface area contributed by atoms with Crippen molar-refractivity contribution in [3.05, 3.63) is 23.8 Å². The Labute approximate surface area is 111 Å². The highest BCUT2D eigenvalue weighted by molar-refractivity contribution is 5.95. The number of ketones is 1. The fraction of sp³-hybridized carbons (Fsp3) is 0.429. The van der Waals surface area contributed by atoms with Gasteiger partial charge in [-0.1, -0.05) is 0 Å². The zero-order valence-electron chi connectivity index (χ0n) is 10.8. The van der Waals surface area contributed by atoms with Gasteiger partial charge in [0.1, 0.15) is 5.78 Å². The summed E-state index contributed by atoms with van der Waals surface area (Å²) in [6.45, 7) is 2.14. The van der Waals surface area contributed by atoms with E-state index in [1.54, 1.807) is 4.90 Å². The minimum Gasteiger partial charge on any atom is -0.504 e. The number of rotatable bonds is 3. The predicted molar refractivity (Wildman–Crippen MR) is 69.1 cm³/mol. The average Bonchev–Trinajstić information content (AvgIpc) is 2.79. The molecule has 19 heavy (non-hydrogen) atoms. The van der Waals surface area contributed by atoms with Gasteiger partial charge in [-0.3, -0.25) is 9.59 Å². The molecule has 1 atom stereocenters. The normalized spacial score (nSPS) is 18.6. The molecule has 0 bridgehead atoms. The van der Waals surface area contributed by atoms with Crippen molar-refractivity contribution in [3.8, 4) is 11.5 Å². The molecule has 2 N–H and O–H groups in total. The first kappa shape index (κ1) is 13.4. The summed E-state index contributed by atoms with van der Waals surface area (Å²) in [5.41, 5.74) is 0.325. The van der Waals surface area contributed by atoms with Crippen molar-refractivity contribution in [1.29, 1.82) is 0 Å². The number of benzene rings is 1. The summed E-state index contributed by atoms with van der Waals surface area (Å²) in [7, 11) is 0. The summed E-state index contributed by atoms with van der Waals surface area (Å²) in [5, 5.41) is 18.7. The number of hydrogen-bond acceptors (Lipinski definition) is 4. The molecule has 1 saturated heterocycles. The second-order valence-electron chi connectivity index (χ2n) is 4.90. The van der Waals surface area contributed by atoms with E-state index < -0.39 is 0 Å². The Kier molecular flexibility index (Phi) is 3.74. The molecular weight excluding hydrogens is 246 g/mol. The Morgan fingerprint density at radius 3 is 2.68 bits per heavy atom. The standard InChI is InChI=1S/C14H17NO4/c1-9(16)7-11-3-2-6-15(11)14(19)10-4-5-12(17)13(18)8-10/h4-5,8,11,17-18H,2-3,6-7H2,1H3. The first-order valence-electron chi connectivity index (χ1n) is 6.31. The zero-order valence-corrected chi connectivity index (χ0v) is 10.8. The molecule has 1 aliphatic rings. The summed E-state index contributed by atoms with van der Waals surface area (Å²) in [6.07, 6.45) is 2.08. The fourth-order valence-corrected chi connectivity index (χ4v) is 2.47. The second kappa shape index (κ2) is 5.30. The van der Waals surface area contributed by atoms with Crippen molar-refractivity contribution < 1.29 is 19.8 Å². The lowest BCUT2D eigenvalue weighted by molar-refractivity contribution is -0.117. The molecule has 1 aromatic carbocycles. The fourth-order valence-electron chi connectivity index (χ4n) is 2.47. The minimum atomic E-state index is -0.312. The van der Waals surface area contributed by atoms with Gasteiger partial charge in [0.25, 0.3) is 5.91 Å². The molecule has 0 radical (unpaired) electrons. The smallest absolute Gasteiger partial charge is 0.254 e. The van der Waals surface area contributed by atoms with E-state index in [9.17, 15) is 19.8 Å². The van der Waals surface area contributed by atoms with Gasteiger partial charge in [0.15, 0.2) is 11.5 Å². The monoisotopic (exact) mass is 263 g/mol. The van der Waals surface area contributed by atoms with Gasteiger partial charge >= 0.3 is 0 Å². The lowest BCUT2D eigenvalue weighted by Crippen LogP contribution is -2.36. The highest BCUT2D eigenvalue weighted by Crippen LogP contribution is 2.28. The van der Waals surface area contributed by atoms with E-state index in [-0.39, 0.29) is 29.2 Å².